The Morgan fingerprint density at radius 2 is 1.95 bits per heavy atom. The van der Waals surface area contributed by atoms with E-state index in [1.165, 1.54) is 17.6 Å². The second-order valence-corrected chi connectivity index (χ2v) is 9.00. The summed E-state index contributed by atoms with van der Waals surface area (Å²) >= 11 is 0. The molecule has 1 aromatic carbocycles. The third-order valence-corrected chi connectivity index (χ3v) is 6.06. The second kappa shape index (κ2) is 12.2. The van der Waals surface area contributed by atoms with Gasteiger partial charge in [-0.2, -0.15) is 10.2 Å². The summed E-state index contributed by atoms with van der Waals surface area (Å²) in [5, 5.41) is 17.0. The van der Waals surface area contributed by atoms with Gasteiger partial charge in [-0.05, 0) is 49.1 Å². The fourth-order valence-electron chi connectivity index (χ4n) is 4.43. The average molecular weight is 496 g/mol. The lowest BCUT2D eigenvalue weighted by Gasteiger charge is -2.10. The van der Waals surface area contributed by atoms with E-state index < -0.39 is 0 Å². The largest absolute Gasteiger partial charge is 0.385 e. The normalized spacial score (nSPS) is 12.7. The smallest absolute Gasteiger partial charge is 0.158 e. The number of fused-ring (bicyclic) bond motifs is 2. The van der Waals surface area contributed by atoms with Crippen molar-refractivity contribution >= 4 is 33.6 Å². The number of aryl methyl sites for hydroxylation is 1. The van der Waals surface area contributed by atoms with Crippen LogP contribution in [-0.4, -0.2) is 30.9 Å². The van der Waals surface area contributed by atoms with Crippen molar-refractivity contribution in [2.75, 3.05) is 11.9 Å². The summed E-state index contributed by atoms with van der Waals surface area (Å²) in [6.45, 7) is 14.2. The van der Waals surface area contributed by atoms with Gasteiger partial charge in [-0.15, -0.1) is 0 Å². The number of anilines is 2. The molecule has 3 aromatic heterocycles. The van der Waals surface area contributed by atoms with Crippen LogP contribution in [-0.2, 0) is 13.0 Å². The summed E-state index contributed by atoms with van der Waals surface area (Å²) in [7, 11) is 0. The molecule has 7 heteroatoms. The molecule has 7 nitrogen and oxygen atoms in total. The third-order valence-electron chi connectivity index (χ3n) is 6.06. The minimum atomic E-state index is 0.753. The van der Waals surface area contributed by atoms with E-state index in [9.17, 15) is 0 Å². The Kier molecular flexibility index (Phi) is 8.56. The van der Waals surface area contributed by atoms with Gasteiger partial charge in [-0.3, -0.25) is 4.68 Å². The van der Waals surface area contributed by atoms with Crippen molar-refractivity contribution < 1.29 is 0 Å². The third kappa shape index (κ3) is 5.82. The summed E-state index contributed by atoms with van der Waals surface area (Å²) in [5.74, 6) is 0.774. The average Bonchev–Trinajstić information content (AvgIpc) is 3.37. The van der Waals surface area contributed by atoms with Crippen LogP contribution in [0.1, 0.15) is 51.7 Å². The van der Waals surface area contributed by atoms with Gasteiger partial charge in [0.1, 0.15) is 11.8 Å². The van der Waals surface area contributed by atoms with Crippen LogP contribution in [0.5, 0.6) is 0 Å². The first-order chi connectivity index (χ1) is 18.1. The fourth-order valence-corrected chi connectivity index (χ4v) is 4.43. The standard InChI is InChI=1S/C27H29N7.C3H8/c1-4-23-24(19(3)28-5-2)17-34-26(23)27(29-18-31-34)32-22-12-13-25-21(14-22)15-30-33(25)16-20-10-8-6-7-9-11-20;1-3-2/h6-8,10-15,17-18,28H,3-5,9,16H2,1-2H3,(H,29,31,32);3H2,1-2H3. The van der Waals surface area contributed by atoms with Crippen molar-refractivity contribution in [1.82, 2.24) is 29.7 Å². The summed E-state index contributed by atoms with van der Waals surface area (Å²) in [4.78, 5) is 4.57. The van der Waals surface area contributed by atoms with Gasteiger partial charge in [0.05, 0.1) is 18.3 Å². The van der Waals surface area contributed by atoms with E-state index in [1.54, 1.807) is 6.33 Å². The Bertz CT molecular complexity index is 1470. The number of rotatable bonds is 8. The summed E-state index contributed by atoms with van der Waals surface area (Å²) in [6, 6.07) is 6.30. The highest BCUT2D eigenvalue weighted by molar-refractivity contribution is 5.86. The number of benzene rings is 1. The minimum Gasteiger partial charge on any atom is -0.385 e. The molecular weight excluding hydrogens is 458 g/mol. The van der Waals surface area contributed by atoms with E-state index in [4.69, 9.17) is 0 Å². The van der Waals surface area contributed by atoms with Crippen molar-refractivity contribution in [1.29, 1.82) is 0 Å². The number of allylic oxidation sites excluding steroid dienone is 6. The van der Waals surface area contributed by atoms with Crippen LogP contribution in [0.15, 0.2) is 79.5 Å². The molecule has 37 heavy (non-hydrogen) atoms. The van der Waals surface area contributed by atoms with Crippen LogP contribution >= 0.6 is 0 Å². The molecule has 0 saturated carbocycles. The minimum absolute atomic E-state index is 0.753. The Hall–Kier alpha value is -4.13. The molecule has 0 unspecified atom stereocenters. The molecule has 4 aromatic rings. The molecule has 0 amide bonds. The molecule has 0 fully saturated rings. The van der Waals surface area contributed by atoms with Gasteiger partial charge >= 0.3 is 0 Å². The fraction of sp³-hybridized carbons (Fsp3) is 0.300. The number of hydrogen-bond donors (Lipinski definition) is 2. The molecule has 192 valence electrons. The van der Waals surface area contributed by atoms with Gasteiger partial charge in [0.25, 0.3) is 0 Å². The molecule has 2 N–H and O–H groups in total. The molecule has 0 saturated heterocycles. The molecule has 1 aliphatic carbocycles. The highest BCUT2D eigenvalue weighted by Crippen LogP contribution is 2.30. The zero-order valence-corrected chi connectivity index (χ0v) is 22.3. The van der Waals surface area contributed by atoms with Gasteiger partial charge in [0.15, 0.2) is 5.82 Å². The second-order valence-electron chi connectivity index (χ2n) is 9.00. The molecule has 0 bridgehead atoms. The molecule has 3 heterocycles. The van der Waals surface area contributed by atoms with Gasteiger partial charge in [-0.25, -0.2) is 9.50 Å². The van der Waals surface area contributed by atoms with Crippen LogP contribution in [0, 0.1) is 0 Å². The number of nitrogens with one attached hydrogen (secondary N) is 2. The lowest BCUT2D eigenvalue weighted by molar-refractivity contribution is 0.710. The Morgan fingerprint density at radius 3 is 2.73 bits per heavy atom. The molecule has 0 aliphatic heterocycles. The van der Waals surface area contributed by atoms with Crippen LogP contribution in [0.25, 0.3) is 22.1 Å². The topological polar surface area (TPSA) is 72.1 Å². The monoisotopic (exact) mass is 495 g/mol. The first-order valence-corrected chi connectivity index (χ1v) is 13.1. The molecule has 0 radical (unpaired) electrons. The molecule has 0 atom stereocenters. The van der Waals surface area contributed by atoms with E-state index in [0.717, 1.165) is 65.1 Å². The van der Waals surface area contributed by atoms with Crippen LogP contribution in [0.4, 0.5) is 11.5 Å². The van der Waals surface area contributed by atoms with Crippen molar-refractivity contribution in [2.24, 2.45) is 0 Å². The highest BCUT2D eigenvalue weighted by Gasteiger charge is 2.17. The maximum atomic E-state index is 4.63. The zero-order valence-electron chi connectivity index (χ0n) is 22.3. The Balaban J connectivity index is 0.00000102. The SMILES string of the molecule is C=C(NCC)c1cn2ncnc(Nc3ccc4c(cnn4CC4=CCC=CC=C4)c3)c2c1CC.CCC. The molecule has 1 aliphatic rings. The van der Waals surface area contributed by atoms with Crippen LogP contribution in [0.2, 0.25) is 0 Å². The first-order valence-electron chi connectivity index (χ1n) is 13.1. The molecule has 0 spiro atoms. The quantitative estimate of drug-likeness (QED) is 0.280. The van der Waals surface area contributed by atoms with E-state index >= 15 is 0 Å². The lowest BCUT2D eigenvalue weighted by Crippen LogP contribution is -2.10. The number of aromatic nitrogens is 5. The summed E-state index contributed by atoms with van der Waals surface area (Å²) in [6.07, 6.45) is 19.3. The maximum absolute atomic E-state index is 4.63. The number of hydrogen-bond acceptors (Lipinski definition) is 5. The van der Waals surface area contributed by atoms with Crippen LogP contribution < -0.4 is 10.6 Å². The highest BCUT2D eigenvalue weighted by atomic mass is 15.3. The Morgan fingerprint density at radius 1 is 1.11 bits per heavy atom. The van der Waals surface area contributed by atoms with E-state index in [1.807, 2.05) is 21.6 Å². The van der Waals surface area contributed by atoms with E-state index in [2.05, 4.69) is 109 Å². The molecular formula is C30H37N7. The van der Waals surface area contributed by atoms with Gasteiger partial charge in [0.2, 0.25) is 0 Å². The van der Waals surface area contributed by atoms with Crippen molar-refractivity contribution in [3.05, 3.63) is 90.6 Å². The maximum Gasteiger partial charge on any atom is 0.158 e. The van der Waals surface area contributed by atoms with Crippen molar-refractivity contribution in [3.8, 4) is 0 Å². The lowest BCUT2D eigenvalue weighted by atomic mass is 10.1. The number of nitrogens with zero attached hydrogens (tertiary/aromatic N) is 5. The summed E-state index contributed by atoms with van der Waals surface area (Å²) in [5.41, 5.74) is 7.43. The van der Waals surface area contributed by atoms with Gasteiger partial charge < -0.3 is 10.6 Å². The molecule has 5 rings (SSSR count). The summed E-state index contributed by atoms with van der Waals surface area (Å²) < 4.78 is 3.93. The Labute approximate surface area is 219 Å². The van der Waals surface area contributed by atoms with Crippen molar-refractivity contribution in [3.63, 3.8) is 0 Å². The van der Waals surface area contributed by atoms with E-state index in [-0.39, 0.29) is 0 Å². The van der Waals surface area contributed by atoms with Crippen molar-refractivity contribution in [2.45, 2.75) is 53.5 Å². The van der Waals surface area contributed by atoms with E-state index in [0.29, 0.717) is 0 Å². The predicted molar refractivity (Wildman–Crippen MR) is 155 cm³/mol. The van der Waals surface area contributed by atoms with Crippen LogP contribution in [0.3, 0.4) is 0 Å². The first kappa shape index (κ1) is 25.9. The van der Waals surface area contributed by atoms with Gasteiger partial charge in [0, 0.05) is 35.1 Å². The van der Waals surface area contributed by atoms with Gasteiger partial charge in [-0.1, -0.05) is 64.2 Å². The predicted octanol–water partition coefficient (Wildman–Crippen LogP) is 6.82. The zero-order chi connectivity index (χ0) is 26.2.